The fraction of sp³-hybridized carbons (Fsp3) is 0.176. The summed E-state index contributed by atoms with van der Waals surface area (Å²) >= 11 is 12.6. The second-order valence-electron chi connectivity index (χ2n) is 5.54. The van der Waals surface area contributed by atoms with Crippen LogP contribution >= 0.6 is 35.6 Å². The molecule has 3 rings (SSSR count). The van der Waals surface area contributed by atoms with E-state index in [4.69, 9.17) is 28.9 Å². The summed E-state index contributed by atoms with van der Waals surface area (Å²) in [5.41, 5.74) is 2.50. The molecule has 1 fully saturated rings. The largest absolute Gasteiger partial charge is 0.481 e. The monoisotopic (exact) mass is 392 g/mol. The molecule has 1 aliphatic heterocycles. The van der Waals surface area contributed by atoms with Crippen LogP contribution in [0.5, 0.6) is 0 Å². The number of aryl methyl sites for hydroxylation is 1. The molecule has 1 aromatic heterocycles. The van der Waals surface area contributed by atoms with Gasteiger partial charge in [-0.1, -0.05) is 47.7 Å². The molecule has 0 bridgehead atoms. The van der Waals surface area contributed by atoms with E-state index < -0.39 is 5.97 Å². The van der Waals surface area contributed by atoms with Crippen LogP contribution in [0.3, 0.4) is 0 Å². The Balaban J connectivity index is 1.92. The van der Waals surface area contributed by atoms with E-state index in [2.05, 4.69) is 4.98 Å². The first kappa shape index (κ1) is 17.8. The minimum Gasteiger partial charge on any atom is -0.481 e. The van der Waals surface area contributed by atoms with Gasteiger partial charge in [0.05, 0.1) is 16.8 Å². The summed E-state index contributed by atoms with van der Waals surface area (Å²) in [5, 5.41) is 9.99. The number of aliphatic carboxylic acids is 1. The van der Waals surface area contributed by atoms with Crippen LogP contribution in [0.25, 0.3) is 17.0 Å². The Kier molecular flexibility index (Phi) is 5.08. The summed E-state index contributed by atoms with van der Waals surface area (Å²) < 4.78 is 0.345. The van der Waals surface area contributed by atoms with Crippen LogP contribution < -0.4 is 0 Å². The van der Waals surface area contributed by atoms with Crippen LogP contribution in [0, 0.1) is 6.92 Å². The summed E-state index contributed by atoms with van der Waals surface area (Å²) in [4.78, 5) is 29.2. The van der Waals surface area contributed by atoms with Crippen molar-refractivity contribution in [3.63, 3.8) is 0 Å². The zero-order valence-electron chi connectivity index (χ0n) is 13.2. The summed E-state index contributed by atoms with van der Waals surface area (Å²) in [6.07, 6.45) is 1.49. The minimum atomic E-state index is -0.977. The lowest BCUT2D eigenvalue weighted by atomic mass is 10.1. The third-order valence-electron chi connectivity index (χ3n) is 3.66. The van der Waals surface area contributed by atoms with Crippen LogP contribution in [-0.4, -0.2) is 37.7 Å². The van der Waals surface area contributed by atoms with E-state index in [-0.39, 0.29) is 18.9 Å². The number of thiocarbonyl (C=S) groups is 1. The van der Waals surface area contributed by atoms with Gasteiger partial charge in [-0.05, 0) is 30.7 Å². The fourth-order valence-electron chi connectivity index (χ4n) is 2.41. The molecule has 0 aliphatic carbocycles. The Hall–Kier alpha value is -1.96. The second kappa shape index (κ2) is 7.11. The fourth-order valence-corrected chi connectivity index (χ4v) is 3.91. The van der Waals surface area contributed by atoms with Crippen molar-refractivity contribution in [2.45, 2.75) is 13.3 Å². The molecular weight excluding hydrogens is 380 g/mol. The molecule has 2 heterocycles. The Bertz CT molecular complexity index is 943. The number of hydrogen-bond donors (Lipinski definition) is 1. The average molecular weight is 393 g/mol. The molecule has 0 atom stereocenters. The lowest BCUT2D eigenvalue weighted by Crippen LogP contribution is -2.30. The highest BCUT2D eigenvalue weighted by atomic mass is 35.5. The van der Waals surface area contributed by atoms with Gasteiger partial charge in [0.2, 0.25) is 0 Å². The molecular formula is C17H13ClN2O3S2. The molecule has 8 heteroatoms. The summed E-state index contributed by atoms with van der Waals surface area (Å²) in [7, 11) is 0. The molecule has 1 N–H and O–H groups in total. The number of carboxylic acids is 1. The molecule has 0 radical (unpaired) electrons. The van der Waals surface area contributed by atoms with Crippen molar-refractivity contribution in [3.05, 3.63) is 45.5 Å². The zero-order valence-corrected chi connectivity index (χ0v) is 15.5. The maximum absolute atomic E-state index is 12.4. The van der Waals surface area contributed by atoms with Gasteiger partial charge in [0.15, 0.2) is 0 Å². The number of halogens is 1. The molecule has 0 saturated carbocycles. The number of amides is 1. The highest BCUT2D eigenvalue weighted by Crippen LogP contribution is 2.34. The zero-order chi connectivity index (χ0) is 18.1. The Morgan fingerprint density at radius 2 is 2.20 bits per heavy atom. The van der Waals surface area contributed by atoms with Gasteiger partial charge in [-0.2, -0.15) is 0 Å². The Morgan fingerprint density at radius 3 is 2.92 bits per heavy atom. The van der Waals surface area contributed by atoms with Gasteiger partial charge in [0.1, 0.15) is 9.47 Å². The van der Waals surface area contributed by atoms with Gasteiger partial charge < -0.3 is 5.11 Å². The number of pyridine rings is 1. The van der Waals surface area contributed by atoms with Crippen molar-refractivity contribution in [2.75, 3.05) is 6.54 Å². The van der Waals surface area contributed by atoms with Crippen molar-refractivity contribution in [1.82, 2.24) is 9.88 Å². The highest BCUT2D eigenvalue weighted by Gasteiger charge is 2.32. The molecule has 0 unspecified atom stereocenters. The first-order valence-corrected chi connectivity index (χ1v) is 8.99. The lowest BCUT2D eigenvalue weighted by molar-refractivity contribution is -0.137. The number of carbonyl (C=O) groups is 2. The van der Waals surface area contributed by atoms with Gasteiger partial charge in [-0.15, -0.1) is 0 Å². The maximum atomic E-state index is 12.4. The molecule has 1 saturated heterocycles. The first-order valence-electron chi connectivity index (χ1n) is 7.39. The summed E-state index contributed by atoms with van der Waals surface area (Å²) in [6.45, 7) is 2.03. The standard InChI is InChI=1S/C17H13ClN2O3S2/c1-9-2-3-10-7-11(15(18)19-12(10)6-9)8-13-16(23)20(17(24)25-13)5-4-14(21)22/h2-3,6-8H,4-5H2,1H3,(H,21,22). The van der Waals surface area contributed by atoms with Crippen LogP contribution in [0.2, 0.25) is 5.15 Å². The number of fused-ring (bicyclic) bond motifs is 1. The lowest BCUT2D eigenvalue weighted by Gasteiger charge is -2.12. The quantitative estimate of drug-likeness (QED) is 0.484. The van der Waals surface area contributed by atoms with Gasteiger partial charge in [0.25, 0.3) is 5.91 Å². The van der Waals surface area contributed by atoms with E-state index in [9.17, 15) is 9.59 Å². The molecule has 1 aromatic carbocycles. The SMILES string of the molecule is Cc1ccc2cc(C=C3SC(=S)N(CCC(=O)O)C3=O)c(Cl)nc2c1. The number of rotatable bonds is 4. The van der Waals surface area contributed by atoms with E-state index >= 15 is 0 Å². The Labute approximate surface area is 158 Å². The summed E-state index contributed by atoms with van der Waals surface area (Å²) in [6, 6.07) is 7.74. The van der Waals surface area contributed by atoms with Crippen molar-refractivity contribution in [1.29, 1.82) is 0 Å². The molecule has 5 nitrogen and oxygen atoms in total. The predicted molar refractivity (Wildman–Crippen MR) is 104 cm³/mol. The Morgan fingerprint density at radius 1 is 1.44 bits per heavy atom. The third kappa shape index (κ3) is 3.84. The van der Waals surface area contributed by atoms with Crippen LogP contribution in [0.15, 0.2) is 29.2 Å². The molecule has 25 heavy (non-hydrogen) atoms. The van der Waals surface area contributed by atoms with Crippen molar-refractivity contribution < 1.29 is 14.7 Å². The number of carboxylic acid groups (broad SMARTS) is 1. The second-order valence-corrected chi connectivity index (χ2v) is 7.58. The molecule has 128 valence electrons. The number of carbonyl (C=O) groups excluding carboxylic acids is 1. The van der Waals surface area contributed by atoms with Gasteiger partial charge >= 0.3 is 5.97 Å². The maximum Gasteiger partial charge on any atom is 0.305 e. The van der Waals surface area contributed by atoms with Crippen molar-refractivity contribution in [2.24, 2.45) is 0 Å². The third-order valence-corrected chi connectivity index (χ3v) is 5.34. The van der Waals surface area contributed by atoms with E-state index in [1.54, 1.807) is 6.08 Å². The number of thioether (sulfide) groups is 1. The first-order chi connectivity index (χ1) is 11.8. The number of benzene rings is 1. The molecule has 0 spiro atoms. The van der Waals surface area contributed by atoms with E-state index in [1.165, 1.54) is 4.90 Å². The molecule has 1 amide bonds. The molecule has 2 aromatic rings. The minimum absolute atomic E-state index is 0.0559. The van der Waals surface area contributed by atoms with Gasteiger partial charge in [0, 0.05) is 17.5 Å². The van der Waals surface area contributed by atoms with E-state index in [1.807, 2.05) is 31.2 Å². The van der Waals surface area contributed by atoms with Gasteiger partial charge in [-0.3, -0.25) is 14.5 Å². The smallest absolute Gasteiger partial charge is 0.305 e. The summed E-state index contributed by atoms with van der Waals surface area (Å²) in [5.74, 6) is -1.29. The highest BCUT2D eigenvalue weighted by molar-refractivity contribution is 8.26. The average Bonchev–Trinajstić information content (AvgIpc) is 2.80. The van der Waals surface area contributed by atoms with E-state index in [0.717, 1.165) is 28.2 Å². The number of nitrogens with zero attached hydrogens (tertiary/aromatic N) is 2. The predicted octanol–water partition coefficient (Wildman–Crippen LogP) is 3.87. The topological polar surface area (TPSA) is 70.5 Å². The normalized spacial score (nSPS) is 16.2. The van der Waals surface area contributed by atoms with Gasteiger partial charge in [-0.25, -0.2) is 4.98 Å². The van der Waals surface area contributed by atoms with E-state index in [0.29, 0.717) is 19.9 Å². The number of aromatic nitrogens is 1. The molecule has 1 aliphatic rings. The van der Waals surface area contributed by atoms with Crippen LogP contribution in [0.1, 0.15) is 17.5 Å². The number of hydrogen-bond acceptors (Lipinski definition) is 5. The van der Waals surface area contributed by atoms with Crippen LogP contribution in [-0.2, 0) is 9.59 Å². The van der Waals surface area contributed by atoms with Crippen molar-refractivity contribution >= 4 is 68.8 Å². The van der Waals surface area contributed by atoms with Crippen LogP contribution in [0.4, 0.5) is 0 Å². The van der Waals surface area contributed by atoms with Crippen molar-refractivity contribution in [3.8, 4) is 0 Å².